The van der Waals surface area contributed by atoms with Gasteiger partial charge in [-0.05, 0) is 95.4 Å². The predicted molar refractivity (Wildman–Crippen MR) is 301 cm³/mol. The maximum atomic E-state index is 11.8. The minimum Gasteiger partial charge on any atom is -0.507 e. The first-order chi connectivity index (χ1) is 35.3. The molecule has 8 nitrogen and oxygen atoms in total. The first kappa shape index (κ1) is 50.0. The Labute approximate surface area is 425 Å². The van der Waals surface area contributed by atoms with Crippen LogP contribution in [-0.2, 0) is 22.7 Å². The largest absolute Gasteiger partial charge is 0.507 e. The fraction of sp³-hybridized carbons (Fsp3) is 0.194. The van der Waals surface area contributed by atoms with Crippen molar-refractivity contribution in [3.63, 3.8) is 0 Å². The number of aromatic hydroxyl groups is 2. The normalized spacial score (nSPS) is 15.2. The van der Waals surface area contributed by atoms with Gasteiger partial charge in [0.25, 0.3) is 0 Å². The molecule has 0 amide bonds. The summed E-state index contributed by atoms with van der Waals surface area (Å²) >= 11 is 0. The highest BCUT2D eigenvalue weighted by molar-refractivity contribution is 7.81. The van der Waals surface area contributed by atoms with Crippen LogP contribution >= 0.6 is 14.1 Å². The molecule has 8 aromatic rings. The minimum absolute atomic E-state index is 0.0902. The number of phenols is 2. The molecule has 1 saturated carbocycles. The summed E-state index contributed by atoms with van der Waals surface area (Å²) in [7, 11) is -4.92. The number of rotatable bonds is 18. The van der Waals surface area contributed by atoms with Crippen molar-refractivity contribution in [2.24, 2.45) is 19.5 Å². The second kappa shape index (κ2) is 24.0. The second-order valence-corrected chi connectivity index (χ2v) is 24.5. The van der Waals surface area contributed by atoms with Gasteiger partial charge >= 0.3 is 0 Å². The molecule has 0 aliphatic heterocycles. The van der Waals surface area contributed by atoms with Crippen molar-refractivity contribution in [1.29, 1.82) is 0 Å². The van der Waals surface area contributed by atoms with Crippen molar-refractivity contribution in [2.75, 3.05) is 12.7 Å². The molecule has 0 radical (unpaired) electrons. The number of nitrogens with zero attached hydrogens (tertiary/aromatic N) is 4. The molecular weight excluding hydrogens is 927 g/mol. The van der Waals surface area contributed by atoms with Crippen molar-refractivity contribution >= 4 is 59.1 Å². The van der Waals surface area contributed by atoms with E-state index in [9.17, 15) is 10.2 Å². The Bertz CT molecular complexity index is 2900. The molecule has 0 heterocycles. The monoisotopic (exact) mass is 988 g/mol. The van der Waals surface area contributed by atoms with Gasteiger partial charge < -0.3 is 19.7 Å². The molecule has 72 heavy (non-hydrogen) atoms. The van der Waals surface area contributed by atoms with Crippen LogP contribution in [0.5, 0.6) is 11.5 Å². The van der Waals surface area contributed by atoms with Gasteiger partial charge in [0, 0.05) is 34.7 Å². The van der Waals surface area contributed by atoms with Crippen LogP contribution < -0.4 is 21.2 Å². The zero-order chi connectivity index (χ0) is 49.6. The summed E-state index contributed by atoms with van der Waals surface area (Å²) in [6.45, 7) is 4.47. The van der Waals surface area contributed by atoms with Crippen LogP contribution in [-0.4, -0.2) is 47.4 Å². The zero-order valence-electron chi connectivity index (χ0n) is 41.0. The maximum Gasteiger partial charge on any atom is 0.129 e. The van der Waals surface area contributed by atoms with Gasteiger partial charge in [0.2, 0.25) is 0 Å². The fourth-order valence-electron chi connectivity index (χ4n) is 9.52. The molecule has 1 fully saturated rings. The van der Waals surface area contributed by atoms with E-state index in [1.54, 1.807) is 12.4 Å². The van der Waals surface area contributed by atoms with Crippen LogP contribution in [0.25, 0.3) is 0 Å². The number of ether oxygens (including phenoxy) is 2. The third-order valence-electron chi connectivity index (χ3n) is 13.1. The Morgan fingerprint density at radius 3 is 1.07 bits per heavy atom. The van der Waals surface area contributed by atoms with E-state index in [2.05, 4.69) is 97.1 Å². The molecule has 0 spiro atoms. The zero-order valence-corrected chi connectivity index (χ0v) is 42.8. The highest BCUT2D eigenvalue weighted by atomic mass is 31.2. The molecule has 2 unspecified atom stereocenters. The van der Waals surface area contributed by atoms with Crippen molar-refractivity contribution in [1.82, 2.24) is 0 Å². The topological polar surface area (TPSA) is 108 Å². The molecule has 0 aromatic heterocycles. The summed E-state index contributed by atoms with van der Waals surface area (Å²) in [4.78, 5) is 10.2. The Hall–Kier alpha value is -6.92. The van der Waals surface area contributed by atoms with Crippen molar-refractivity contribution in [2.45, 2.75) is 64.8 Å². The van der Waals surface area contributed by atoms with E-state index in [0.29, 0.717) is 34.9 Å². The van der Waals surface area contributed by atoms with Gasteiger partial charge in [-0.2, -0.15) is 0 Å². The van der Waals surface area contributed by atoms with Crippen molar-refractivity contribution in [3.8, 4) is 11.5 Å². The van der Waals surface area contributed by atoms with Gasteiger partial charge in [-0.3, -0.25) is 19.5 Å². The van der Waals surface area contributed by atoms with Gasteiger partial charge in [-0.15, -0.1) is 0 Å². The first-order valence-electron chi connectivity index (χ1n) is 24.7. The lowest BCUT2D eigenvalue weighted by molar-refractivity contribution is 0.163. The lowest BCUT2D eigenvalue weighted by Crippen LogP contribution is -2.27. The van der Waals surface area contributed by atoms with E-state index in [0.717, 1.165) is 69.4 Å². The third-order valence-corrected chi connectivity index (χ3v) is 20.0. The molecule has 1 aliphatic carbocycles. The molecule has 9 rings (SSSR count). The van der Waals surface area contributed by atoms with Gasteiger partial charge in [0.15, 0.2) is 0 Å². The smallest absolute Gasteiger partial charge is 0.129 e. The second-order valence-electron chi connectivity index (χ2n) is 18.4. The Balaban J connectivity index is 0.921. The maximum absolute atomic E-state index is 11.8. The third kappa shape index (κ3) is 12.0. The van der Waals surface area contributed by atoms with Crippen LogP contribution in [0.4, 0.5) is 11.4 Å². The Morgan fingerprint density at radius 1 is 0.444 bits per heavy atom. The minimum atomic E-state index is -2.46. The summed E-state index contributed by atoms with van der Waals surface area (Å²) < 4.78 is 24.3. The highest BCUT2D eigenvalue weighted by Gasteiger charge is 2.28. The van der Waals surface area contributed by atoms with E-state index < -0.39 is 14.1 Å². The van der Waals surface area contributed by atoms with Crippen molar-refractivity contribution in [3.05, 3.63) is 240 Å². The van der Waals surface area contributed by atoms with Crippen LogP contribution in [0.1, 0.15) is 59.1 Å². The number of hydrogen-bond donors (Lipinski definition) is 2. The average molecular weight is 989 g/mol. The number of aryl methyl sites for hydroxylation is 2. The molecule has 0 saturated heterocycles. The summed E-state index contributed by atoms with van der Waals surface area (Å²) in [6.07, 6.45) is 8.14. The molecular formula is C62H62N4O4P2. The lowest BCUT2D eigenvalue weighted by Gasteiger charge is -2.26. The van der Waals surface area contributed by atoms with Crippen LogP contribution in [0, 0.1) is 13.8 Å². The molecule has 0 bridgehead atoms. The molecule has 1 aliphatic rings. The van der Waals surface area contributed by atoms with E-state index in [4.69, 9.17) is 28.9 Å². The van der Waals surface area contributed by atoms with E-state index >= 15 is 0 Å². The molecule has 364 valence electrons. The quantitative estimate of drug-likeness (QED) is 0.0659. The lowest BCUT2D eigenvalue weighted by atomic mass is 9.91. The molecule has 2 atom stereocenters. The highest BCUT2D eigenvalue weighted by Crippen LogP contribution is 2.52. The fourth-order valence-corrected chi connectivity index (χ4v) is 15.7. The predicted octanol–water partition coefficient (Wildman–Crippen LogP) is 13.9. The van der Waals surface area contributed by atoms with Crippen LogP contribution in [0.3, 0.4) is 0 Å². The Kier molecular flexibility index (Phi) is 16.7. The summed E-state index contributed by atoms with van der Waals surface area (Å²) in [5.74, 6) is 0.312. The van der Waals surface area contributed by atoms with E-state index in [-0.39, 0.29) is 36.8 Å². The standard InChI is InChI=1S/C62H62N4O4P2/c1-47-37-49(61(67)51(39-47)43-69-45-71(55-27-13-5-14-28-55,56-29-15-6-16-30-56)65-53-23-9-3-10-24-53)41-63-59-35-21-22-36-60(59)64-42-50-38-48(2)40-52(62(50)68)44-70-46-72(57-31-17-7-18-32-57,58-33-19-8-20-34-58)66-54-25-11-4-12-26-54/h3-20,23-34,37-42,59-60,67-68H,21-22,35-36,43-46H2,1-2H3/b63-41+,64-42+. The summed E-state index contributed by atoms with van der Waals surface area (Å²) in [6, 6.07) is 69.6. The number of benzene rings is 8. The number of phenolic OH excluding ortho intramolecular Hbond substituents is 2. The summed E-state index contributed by atoms with van der Waals surface area (Å²) in [5, 5.41) is 28.0. The van der Waals surface area contributed by atoms with Gasteiger partial charge in [-0.1, -0.05) is 183 Å². The van der Waals surface area contributed by atoms with Crippen LogP contribution in [0.15, 0.2) is 226 Å². The number of hydrogen-bond acceptors (Lipinski definition) is 8. The van der Waals surface area contributed by atoms with Gasteiger partial charge in [0.05, 0.1) is 63.5 Å². The molecule has 8 aromatic carbocycles. The number of aliphatic imine (C=N–C) groups is 2. The van der Waals surface area contributed by atoms with Crippen LogP contribution in [0.2, 0.25) is 0 Å². The van der Waals surface area contributed by atoms with Crippen molar-refractivity contribution < 1.29 is 19.7 Å². The molecule has 2 N–H and O–H groups in total. The Morgan fingerprint density at radius 2 is 0.750 bits per heavy atom. The molecule has 10 heteroatoms. The summed E-state index contributed by atoms with van der Waals surface area (Å²) in [5.41, 5.74) is 6.47. The SMILES string of the molecule is Cc1cc(/C=N/C2CCCCC2/N=C/c2cc(C)cc(COCP(=Nc3ccccc3)(c3ccccc3)c3ccccc3)c2O)c(O)c(COCP(=Nc2ccccc2)(c2ccccc2)c2ccccc2)c1. The van der Waals surface area contributed by atoms with E-state index in [1.807, 2.05) is 123 Å². The van der Waals surface area contributed by atoms with Gasteiger partial charge in [-0.25, -0.2) is 0 Å². The first-order valence-corrected chi connectivity index (χ1v) is 28.6. The van der Waals surface area contributed by atoms with Gasteiger partial charge in [0.1, 0.15) is 11.5 Å². The van der Waals surface area contributed by atoms with E-state index in [1.165, 1.54) is 0 Å². The average Bonchev–Trinajstić information content (AvgIpc) is 3.43.